The fourth-order valence-electron chi connectivity index (χ4n) is 3.02. The van der Waals surface area contributed by atoms with Gasteiger partial charge in [0.2, 0.25) is 11.8 Å². The molecule has 2 aliphatic rings. The number of rotatable bonds is 6. The Hall–Kier alpha value is -1.14. The Morgan fingerprint density at radius 2 is 2.00 bits per heavy atom. The predicted octanol–water partition coefficient (Wildman–Crippen LogP) is -0.344. The highest BCUT2D eigenvalue weighted by atomic mass is 16.2. The summed E-state index contributed by atoms with van der Waals surface area (Å²) in [4.78, 5) is 27.2. The Labute approximate surface area is 127 Å². The van der Waals surface area contributed by atoms with Crippen LogP contribution in [-0.4, -0.2) is 74.0 Å². The first-order valence-electron chi connectivity index (χ1n) is 8.10. The van der Waals surface area contributed by atoms with Gasteiger partial charge in [0.1, 0.15) is 0 Å². The Bertz CT molecular complexity index is 348. The van der Waals surface area contributed by atoms with E-state index in [0.29, 0.717) is 18.9 Å². The first-order valence-corrected chi connectivity index (χ1v) is 8.10. The van der Waals surface area contributed by atoms with Crippen molar-refractivity contribution >= 4 is 11.8 Å². The fraction of sp³-hybridized carbons (Fsp3) is 0.867. The zero-order valence-electron chi connectivity index (χ0n) is 13.1. The lowest BCUT2D eigenvalue weighted by molar-refractivity contribution is -0.130. The van der Waals surface area contributed by atoms with Gasteiger partial charge in [0, 0.05) is 52.6 Å². The van der Waals surface area contributed by atoms with Gasteiger partial charge < -0.3 is 15.5 Å². The maximum absolute atomic E-state index is 11.8. The topological polar surface area (TPSA) is 64.7 Å². The molecule has 2 heterocycles. The smallest absolute Gasteiger partial charge is 0.220 e. The van der Waals surface area contributed by atoms with Crippen LogP contribution in [0.5, 0.6) is 0 Å². The van der Waals surface area contributed by atoms with E-state index in [1.165, 1.54) is 6.42 Å². The van der Waals surface area contributed by atoms with Crippen molar-refractivity contribution in [2.75, 3.05) is 52.4 Å². The molecule has 0 aromatic rings. The molecule has 0 bridgehead atoms. The van der Waals surface area contributed by atoms with Crippen molar-refractivity contribution in [1.82, 2.24) is 20.4 Å². The van der Waals surface area contributed by atoms with Crippen molar-refractivity contribution in [3.63, 3.8) is 0 Å². The average molecular weight is 296 g/mol. The monoisotopic (exact) mass is 296 g/mol. The number of nitrogens with one attached hydrogen (secondary N) is 2. The summed E-state index contributed by atoms with van der Waals surface area (Å²) in [5.74, 6) is 1.00. The Balaban J connectivity index is 1.51. The van der Waals surface area contributed by atoms with Crippen LogP contribution in [0.2, 0.25) is 0 Å². The summed E-state index contributed by atoms with van der Waals surface area (Å²) in [6.45, 7) is 8.79. The summed E-state index contributed by atoms with van der Waals surface area (Å²) in [5.41, 5.74) is 0. The number of carbonyl (C=O) groups excluding carboxylic acids is 2. The molecule has 0 spiro atoms. The molecule has 2 rings (SSSR count). The van der Waals surface area contributed by atoms with Gasteiger partial charge in [-0.3, -0.25) is 14.5 Å². The SMILES string of the molecule is CC(=O)N1CCN(CCNC(=O)CCC2CCNC2)CC1. The minimum Gasteiger partial charge on any atom is -0.355 e. The lowest BCUT2D eigenvalue weighted by Gasteiger charge is -2.34. The molecular formula is C15H28N4O2. The van der Waals surface area contributed by atoms with Crippen LogP contribution >= 0.6 is 0 Å². The van der Waals surface area contributed by atoms with Gasteiger partial charge in [-0.05, 0) is 31.8 Å². The number of carbonyl (C=O) groups is 2. The molecule has 0 radical (unpaired) electrons. The van der Waals surface area contributed by atoms with Gasteiger partial charge in [-0.2, -0.15) is 0 Å². The van der Waals surface area contributed by atoms with Crippen LogP contribution in [0.1, 0.15) is 26.2 Å². The second-order valence-corrected chi connectivity index (χ2v) is 6.10. The highest BCUT2D eigenvalue weighted by Gasteiger charge is 2.18. The van der Waals surface area contributed by atoms with Gasteiger partial charge in [0.15, 0.2) is 0 Å². The number of nitrogens with zero attached hydrogens (tertiary/aromatic N) is 2. The van der Waals surface area contributed by atoms with E-state index in [4.69, 9.17) is 0 Å². The molecule has 21 heavy (non-hydrogen) atoms. The van der Waals surface area contributed by atoms with Crippen LogP contribution in [0.4, 0.5) is 0 Å². The van der Waals surface area contributed by atoms with Gasteiger partial charge >= 0.3 is 0 Å². The van der Waals surface area contributed by atoms with Crippen LogP contribution < -0.4 is 10.6 Å². The fourth-order valence-corrected chi connectivity index (χ4v) is 3.02. The van der Waals surface area contributed by atoms with Gasteiger partial charge in [0.05, 0.1) is 0 Å². The van der Waals surface area contributed by atoms with Gasteiger partial charge in [-0.25, -0.2) is 0 Å². The first kappa shape index (κ1) is 16.2. The van der Waals surface area contributed by atoms with Gasteiger partial charge in [-0.1, -0.05) is 0 Å². The summed E-state index contributed by atoms with van der Waals surface area (Å²) >= 11 is 0. The van der Waals surface area contributed by atoms with Gasteiger partial charge in [-0.15, -0.1) is 0 Å². The molecule has 0 saturated carbocycles. The molecule has 2 fully saturated rings. The van der Waals surface area contributed by atoms with E-state index < -0.39 is 0 Å². The van der Waals surface area contributed by atoms with E-state index in [2.05, 4.69) is 15.5 Å². The normalized spacial score (nSPS) is 23.3. The summed E-state index contributed by atoms with van der Waals surface area (Å²) in [5, 5.41) is 6.33. The Kier molecular flexibility index (Phi) is 6.45. The van der Waals surface area contributed by atoms with Crippen molar-refractivity contribution in [2.24, 2.45) is 5.92 Å². The molecule has 2 N–H and O–H groups in total. The first-order chi connectivity index (χ1) is 10.1. The maximum Gasteiger partial charge on any atom is 0.220 e. The van der Waals surface area contributed by atoms with Crippen molar-refractivity contribution < 1.29 is 9.59 Å². The van der Waals surface area contributed by atoms with Crippen LogP contribution in [-0.2, 0) is 9.59 Å². The minimum atomic E-state index is 0.157. The Morgan fingerprint density at radius 1 is 1.24 bits per heavy atom. The molecule has 0 aliphatic carbocycles. The molecule has 1 unspecified atom stereocenters. The lowest BCUT2D eigenvalue weighted by atomic mass is 10.0. The van der Waals surface area contributed by atoms with Crippen molar-refractivity contribution in [3.8, 4) is 0 Å². The standard InChI is InChI=1S/C15H28N4O2/c1-13(20)19-10-8-18(9-11-19)7-6-17-15(21)3-2-14-4-5-16-12-14/h14,16H,2-12H2,1H3,(H,17,21). The number of hydrogen-bond acceptors (Lipinski definition) is 4. The van der Waals surface area contributed by atoms with Crippen LogP contribution in [0.3, 0.4) is 0 Å². The summed E-state index contributed by atoms with van der Waals surface area (Å²) < 4.78 is 0. The third-order valence-corrected chi connectivity index (χ3v) is 4.51. The van der Waals surface area contributed by atoms with E-state index in [1.54, 1.807) is 6.92 Å². The third kappa shape index (κ3) is 5.63. The molecule has 120 valence electrons. The highest BCUT2D eigenvalue weighted by molar-refractivity contribution is 5.75. The third-order valence-electron chi connectivity index (χ3n) is 4.51. The molecule has 6 heteroatoms. The predicted molar refractivity (Wildman–Crippen MR) is 81.9 cm³/mol. The van der Waals surface area contributed by atoms with E-state index in [-0.39, 0.29) is 11.8 Å². The van der Waals surface area contributed by atoms with E-state index >= 15 is 0 Å². The lowest BCUT2D eigenvalue weighted by Crippen LogP contribution is -2.49. The summed E-state index contributed by atoms with van der Waals surface area (Å²) in [7, 11) is 0. The molecule has 0 aromatic carbocycles. The zero-order chi connectivity index (χ0) is 15.1. The second-order valence-electron chi connectivity index (χ2n) is 6.10. The van der Waals surface area contributed by atoms with Crippen molar-refractivity contribution in [2.45, 2.75) is 26.2 Å². The number of amides is 2. The quantitative estimate of drug-likeness (QED) is 0.704. The number of hydrogen-bond donors (Lipinski definition) is 2. The summed E-state index contributed by atoms with van der Waals surface area (Å²) in [6.07, 6.45) is 2.84. The minimum absolute atomic E-state index is 0.157. The molecular weight excluding hydrogens is 268 g/mol. The van der Waals surface area contributed by atoms with Crippen LogP contribution in [0, 0.1) is 5.92 Å². The van der Waals surface area contributed by atoms with Gasteiger partial charge in [0.25, 0.3) is 0 Å². The summed E-state index contributed by atoms with van der Waals surface area (Å²) in [6, 6.07) is 0. The highest BCUT2D eigenvalue weighted by Crippen LogP contribution is 2.13. The molecule has 0 aromatic heterocycles. The zero-order valence-corrected chi connectivity index (χ0v) is 13.1. The van der Waals surface area contributed by atoms with Crippen molar-refractivity contribution in [1.29, 1.82) is 0 Å². The van der Waals surface area contributed by atoms with Crippen molar-refractivity contribution in [3.05, 3.63) is 0 Å². The Morgan fingerprint density at radius 3 is 2.62 bits per heavy atom. The van der Waals surface area contributed by atoms with Crippen LogP contribution in [0.15, 0.2) is 0 Å². The van der Waals surface area contributed by atoms with Crippen LogP contribution in [0.25, 0.3) is 0 Å². The second kappa shape index (κ2) is 8.34. The number of piperazine rings is 1. The maximum atomic E-state index is 11.8. The molecule has 1 atom stereocenters. The van der Waals surface area contributed by atoms with E-state index in [1.807, 2.05) is 4.90 Å². The largest absolute Gasteiger partial charge is 0.355 e. The molecule has 2 amide bonds. The average Bonchev–Trinajstić information content (AvgIpc) is 2.99. The van der Waals surface area contributed by atoms with E-state index in [0.717, 1.165) is 52.2 Å². The molecule has 6 nitrogen and oxygen atoms in total. The molecule has 2 aliphatic heterocycles. The molecule has 2 saturated heterocycles. The van der Waals surface area contributed by atoms with E-state index in [9.17, 15) is 9.59 Å².